The Morgan fingerprint density at radius 1 is 1.69 bits per heavy atom. The van der Waals surface area contributed by atoms with E-state index in [-0.39, 0.29) is 0 Å². The third-order valence-corrected chi connectivity index (χ3v) is 1.47. The first-order valence-corrected chi connectivity index (χ1v) is 3.74. The van der Waals surface area contributed by atoms with Crippen LogP contribution in [0, 0.1) is 0 Å². The van der Waals surface area contributed by atoms with Crippen molar-refractivity contribution in [2.75, 3.05) is 7.11 Å². The molecule has 0 saturated heterocycles. The molecule has 5 nitrogen and oxygen atoms in total. The Kier molecular flexibility index (Phi) is 3.08. The van der Waals surface area contributed by atoms with Gasteiger partial charge in [0.25, 0.3) is 0 Å². The van der Waals surface area contributed by atoms with Crippen LogP contribution in [0.2, 0.25) is 0 Å². The van der Waals surface area contributed by atoms with Crippen molar-refractivity contribution in [1.29, 1.82) is 0 Å². The highest BCUT2D eigenvalue weighted by molar-refractivity contribution is 5.71. The fourth-order valence-corrected chi connectivity index (χ4v) is 0.825. The third-order valence-electron chi connectivity index (χ3n) is 1.47. The van der Waals surface area contributed by atoms with Crippen molar-refractivity contribution >= 4 is 6.03 Å². The lowest BCUT2D eigenvalue weighted by Crippen LogP contribution is -2.28. The second kappa shape index (κ2) is 4.30. The third kappa shape index (κ3) is 2.98. The van der Waals surface area contributed by atoms with Gasteiger partial charge in [-0.2, -0.15) is 0 Å². The lowest BCUT2D eigenvalue weighted by Gasteiger charge is -2.02. The minimum absolute atomic E-state index is 0.381. The van der Waals surface area contributed by atoms with Gasteiger partial charge in [0.15, 0.2) is 0 Å². The van der Waals surface area contributed by atoms with Crippen LogP contribution in [0.4, 0.5) is 4.79 Å². The molecule has 0 unspecified atom stereocenters. The van der Waals surface area contributed by atoms with Gasteiger partial charge in [-0.15, -0.1) is 0 Å². The van der Waals surface area contributed by atoms with Crippen molar-refractivity contribution in [3.63, 3.8) is 0 Å². The summed E-state index contributed by atoms with van der Waals surface area (Å²) in [5.41, 5.74) is 5.78. The van der Waals surface area contributed by atoms with Gasteiger partial charge in [-0.1, -0.05) is 6.07 Å². The van der Waals surface area contributed by atoms with Crippen LogP contribution in [0.5, 0.6) is 5.88 Å². The minimum atomic E-state index is -0.546. The lowest BCUT2D eigenvalue weighted by atomic mass is 10.3. The summed E-state index contributed by atoms with van der Waals surface area (Å²) in [6.45, 7) is 0.381. The lowest BCUT2D eigenvalue weighted by molar-refractivity contribution is 0.248. The van der Waals surface area contributed by atoms with Gasteiger partial charge in [0.05, 0.1) is 7.11 Å². The first-order valence-electron chi connectivity index (χ1n) is 3.74. The van der Waals surface area contributed by atoms with Crippen LogP contribution in [0.25, 0.3) is 0 Å². The SMILES string of the molecule is COc1ccc(CNC(N)=O)cn1. The van der Waals surface area contributed by atoms with Gasteiger partial charge >= 0.3 is 6.03 Å². The Balaban J connectivity index is 2.54. The van der Waals surface area contributed by atoms with Gasteiger partial charge in [-0.05, 0) is 5.56 Å². The Morgan fingerprint density at radius 2 is 2.46 bits per heavy atom. The maximum absolute atomic E-state index is 10.4. The molecule has 13 heavy (non-hydrogen) atoms. The number of rotatable bonds is 3. The van der Waals surface area contributed by atoms with Crippen molar-refractivity contribution in [3.05, 3.63) is 23.9 Å². The van der Waals surface area contributed by atoms with E-state index in [1.54, 1.807) is 19.4 Å². The highest BCUT2D eigenvalue weighted by atomic mass is 16.5. The summed E-state index contributed by atoms with van der Waals surface area (Å²) < 4.78 is 4.87. The summed E-state index contributed by atoms with van der Waals surface area (Å²) in [4.78, 5) is 14.3. The van der Waals surface area contributed by atoms with E-state index in [4.69, 9.17) is 10.5 Å². The van der Waals surface area contributed by atoms with Crippen molar-refractivity contribution in [3.8, 4) is 5.88 Å². The van der Waals surface area contributed by atoms with Crippen LogP contribution in [0.1, 0.15) is 5.56 Å². The van der Waals surface area contributed by atoms with E-state index in [0.717, 1.165) is 5.56 Å². The van der Waals surface area contributed by atoms with Crippen molar-refractivity contribution < 1.29 is 9.53 Å². The molecule has 1 aromatic heterocycles. The summed E-state index contributed by atoms with van der Waals surface area (Å²) in [6, 6.07) is 2.98. The molecule has 0 spiro atoms. The number of carbonyl (C=O) groups is 1. The molecular weight excluding hydrogens is 170 g/mol. The monoisotopic (exact) mass is 181 g/mol. The van der Waals surface area contributed by atoms with Gasteiger partial charge < -0.3 is 15.8 Å². The van der Waals surface area contributed by atoms with Crippen molar-refractivity contribution in [2.24, 2.45) is 5.73 Å². The molecule has 1 aromatic rings. The zero-order chi connectivity index (χ0) is 9.68. The molecule has 0 aliphatic carbocycles. The Hall–Kier alpha value is -1.78. The molecule has 1 heterocycles. The number of hydrogen-bond acceptors (Lipinski definition) is 3. The summed E-state index contributed by atoms with van der Waals surface area (Å²) in [6.07, 6.45) is 1.62. The number of ether oxygens (including phenoxy) is 1. The number of methoxy groups -OCH3 is 1. The van der Waals surface area contributed by atoms with Crippen LogP contribution in [0.15, 0.2) is 18.3 Å². The van der Waals surface area contributed by atoms with Crippen LogP contribution < -0.4 is 15.8 Å². The fourth-order valence-electron chi connectivity index (χ4n) is 0.825. The van der Waals surface area contributed by atoms with E-state index < -0.39 is 6.03 Å². The van der Waals surface area contributed by atoms with Crippen LogP contribution >= 0.6 is 0 Å². The van der Waals surface area contributed by atoms with E-state index in [1.807, 2.05) is 6.07 Å². The number of nitrogens with one attached hydrogen (secondary N) is 1. The molecule has 0 fully saturated rings. The van der Waals surface area contributed by atoms with Crippen molar-refractivity contribution in [1.82, 2.24) is 10.3 Å². The van der Waals surface area contributed by atoms with Gasteiger partial charge in [-0.25, -0.2) is 9.78 Å². The van der Waals surface area contributed by atoms with Gasteiger partial charge in [-0.3, -0.25) is 0 Å². The molecule has 0 saturated carbocycles. The van der Waals surface area contributed by atoms with E-state index in [9.17, 15) is 4.79 Å². The molecule has 0 aliphatic heterocycles. The summed E-state index contributed by atoms with van der Waals surface area (Å²) in [7, 11) is 1.55. The molecule has 2 amide bonds. The average Bonchev–Trinajstić information content (AvgIpc) is 2.15. The summed E-state index contributed by atoms with van der Waals surface area (Å²) in [5, 5.41) is 2.46. The first kappa shape index (κ1) is 9.31. The molecule has 0 aliphatic rings. The molecule has 1 rings (SSSR count). The number of urea groups is 1. The molecule has 70 valence electrons. The van der Waals surface area contributed by atoms with Gasteiger partial charge in [0, 0.05) is 18.8 Å². The number of pyridine rings is 1. The van der Waals surface area contributed by atoms with Gasteiger partial charge in [0.2, 0.25) is 5.88 Å². The second-order valence-electron chi connectivity index (χ2n) is 2.43. The number of nitrogens with two attached hydrogens (primary N) is 1. The van der Waals surface area contributed by atoms with Crippen LogP contribution in [-0.2, 0) is 6.54 Å². The Bertz CT molecular complexity index is 284. The molecule has 0 atom stereocenters. The topological polar surface area (TPSA) is 77.2 Å². The van der Waals surface area contributed by atoms with Gasteiger partial charge in [0.1, 0.15) is 0 Å². The van der Waals surface area contributed by atoms with E-state index in [0.29, 0.717) is 12.4 Å². The number of nitrogens with zero attached hydrogens (tertiary/aromatic N) is 1. The second-order valence-corrected chi connectivity index (χ2v) is 2.43. The summed E-state index contributed by atoms with van der Waals surface area (Å²) in [5.74, 6) is 0.544. The van der Waals surface area contributed by atoms with E-state index >= 15 is 0 Å². The number of primary amides is 1. The standard InChI is InChI=1S/C8H11N3O2/c1-13-7-3-2-6(4-10-7)5-11-8(9)12/h2-4H,5H2,1H3,(H3,9,11,12). The Labute approximate surface area is 75.9 Å². The minimum Gasteiger partial charge on any atom is -0.481 e. The number of hydrogen-bond donors (Lipinski definition) is 2. The largest absolute Gasteiger partial charge is 0.481 e. The number of aromatic nitrogens is 1. The van der Waals surface area contributed by atoms with Crippen molar-refractivity contribution in [2.45, 2.75) is 6.54 Å². The highest BCUT2D eigenvalue weighted by Crippen LogP contribution is 2.05. The first-order chi connectivity index (χ1) is 6.22. The number of amides is 2. The predicted molar refractivity (Wildman–Crippen MR) is 47.2 cm³/mol. The highest BCUT2D eigenvalue weighted by Gasteiger charge is 1.96. The smallest absolute Gasteiger partial charge is 0.312 e. The fraction of sp³-hybridized carbons (Fsp3) is 0.250. The molecule has 5 heteroatoms. The van der Waals surface area contributed by atoms with Crippen LogP contribution in [-0.4, -0.2) is 18.1 Å². The predicted octanol–water partition coefficient (Wildman–Crippen LogP) is 0.258. The zero-order valence-corrected chi connectivity index (χ0v) is 7.28. The Morgan fingerprint density at radius 3 is 2.92 bits per heavy atom. The normalized spacial score (nSPS) is 9.31. The molecule has 0 bridgehead atoms. The average molecular weight is 181 g/mol. The van der Waals surface area contributed by atoms with Crippen LogP contribution in [0.3, 0.4) is 0 Å². The summed E-state index contributed by atoms with van der Waals surface area (Å²) >= 11 is 0. The maximum Gasteiger partial charge on any atom is 0.312 e. The molecule has 0 radical (unpaired) electrons. The quantitative estimate of drug-likeness (QED) is 0.702. The maximum atomic E-state index is 10.4. The molecular formula is C8H11N3O2. The van der Waals surface area contributed by atoms with E-state index in [2.05, 4.69) is 10.3 Å². The molecule has 0 aromatic carbocycles. The number of carbonyl (C=O) groups excluding carboxylic acids is 1. The molecule has 3 N–H and O–H groups in total. The van der Waals surface area contributed by atoms with E-state index in [1.165, 1.54) is 0 Å². The zero-order valence-electron chi connectivity index (χ0n) is 7.28.